The standard InChI is InChI=1S/C18H28FN3O6/c1-10(2)15(23)27-9-12(26-6)14(28-16(24)11(3)4)18(5,19)22-8-7-13(20)21-17(22)25/h7-8,10-12,14H,9H2,1-6H3,(H2,20,21,25). The summed E-state index contributed by atoms with van der Waals surface area (Å²) in [5, 5.41) is 0. The van der Waals surface area contributed by atoms with Crippen molar-refractivity contribution in [3.8, 4) is 0 Å². The number of carbonyl (C=O) groups excluding carboxylic acids is 2. The van der Waals surface area contributed by atoms with Crippen molar-refractivity contribution in [3.63, 3.8) is 0 Å². The van der Waals surface area contributed by atoms with Crippen molar-refractivity contribution in [1.29, 1.82) is 0 Å². The average Bonchev–Trinajstić information content (AvgIpc) is 2.59. The number of esters is 2. The number of carbonyl (C=O) groups is 2. The van der Waals surface area contributed by atoms with Gasteiger partial charge in [-0.2, -0.15) is 4.98 Å². The van der Waals surface area contributed by atoms with E-state index in [-0.39, 0.29) is 12.4 Å². The number of anilines is 1. The monoisotopic (exact) mass is 401 g/mol. The first kappa shape index (κ1) is 23.5. The number of alkyl halides is 1. The number of hydrogen-bond donors (Lipinski definition) is 1. The van der Waals surface area contributed by atoms with Crippen molar-refractivity contribution < 1.29 is 28.2 Å². The molecular weight excluding hydrogens is 373 g/mol. The summed E-state index contributed by atoms with van der Waals surface area (Å²) in [5.74, 6) is -4.84. The lowest BCUT2D eigenvalue weighted by molar-refractivity contribution is -0.193. The quantitative estimate of drug-likeness (QED) is 0.613. The maximum Gasteiger partial charge on any atom is 0.352 e. The van der Waals surface area contributed by atoms with E-state index in [1.165, 1.54) is 13.2 Å². The van der Waals surface area contributed by atoms with Gasteiger partial charge in [-0.25, -0.2) is 9.18 Å². The van der Waals surface area contributed by atoms with E-state index in [1.807, 2.05) is 0 Å². The van der Waals surface area contributed by atoms with Gasteiger partial charge in [0.05, 0.1) is 11.8 Å². The molecule has 0 aromatic carbocycles. The van der Waals surface area contributed by atoms with Crippen LogP contribution in [0.1, 0.15) is 34.6 Å². The zero-order valence-corrected chi connectivity index (χ0v) is 17.0. The largest absolute Gasteiger partial charge is 0.463 e. The molecule has 0 amide bonds. The molecule has 0 bridgehead atoms. The van der Waals surface area contributed by atoms with Crippen molar-refractivity contribution in [3.05, 3.63) is 22.7 Å². The number of methoxy groups -OCH3 is 1. The number of rotatable bonds is 9. The van der Waals surface area contributed by atoms with Crippen LogP contribution in [0.25, 0.3) is 0 Å². The molecule has 0 aliphatic carbocycles. The predicted molar refractivity (Wildman–Crippen MR) is 99.0 cm³/mol. The van der Waals surface area contributed by atoms with E-state index in [2.05, 4.69) is 4.98 Å². The first-order valence-corrected chi connectivity index (χ1v) is 8.86. The number of halogens is 1. The molecule has 0 aliphatic heterocycles. The lowest BCUT2D eigenvalue weighted by atomic mass is 10.0. The zero-order chi connectivity index (χ0) is 21.6. The third kappa shape index (κ3) is 5.75. The molecule has 0 saturated carbocycles. The van der Waals surface area contributed by atoms with Gasteiger partial charge in [0.1, 0.15) is 18.5 Å². The SMILES string of the molecule is COC(COC(=O)C(C)C)C(OC(=O)C(C)C)C(C)(F)n1ccc(N)nc1=O. The van der Waals surface area contributed by atoms with Crippen LogP contribution in [0.15, 0.2) is 17.1 Å². The summed E-state index contributed by atoms with van der Waals surface area (Å²) in [6, 6.07) is 1.24. The molecular formula is C18H28FN3O6. The van der Waals surface area contributed by atoms with Crippen molar-refractivity contribution in [1.82, 2.24) is 9.55 Å². The van der Waals surface area contributed by atoms with Gasteiger partial charge < -0.3 is 19.9 Å². The second kappa shape index (κ2) is 9.63. The molecule has 0 radical (unpaired) electrons. The molecule has 0 saturated heterocycles. The summed E-state index contributed by atoms with van der Waals surface area (Å²) in [6.07, 6.45) is -1.67. The Morgan fingerprint density at radius 2 is 1.82 bits per heavy atom. The molecule has 3 atom stereocenters. The normalized spacial score (nSPS) is 15.8. The highest BCUT2D eigenvalue weighted by Crippen LogP contribution is 2.28. The van der Waals surface area contributed by atoms with Gasteiger partial charge in [-0.3, -0.25) is 14.2 Å². The fourth-order valence-electron chi connectivity index (χ4n) is 2.28. The number of aromatic nitrogens is 2. The molecule has 3 unspecified atom stereocenters. The molecule has 1 aromatic heterocycles. The number of hydrogen-bond acceptors (Lipinski definition) is 8. The fraction of sp³-hybridized carbons (Fsp3) is 0.667. The van der Waals surface area contributed by atoms with E-state index in [9.17, 15) is 14.4 Å². The van der Waals surface area contributed by atoms with Gasteiger partial charge >= 0.3 is 17.6 Å². The van der Waals surface area contributed by atoms with E-state index in [1.54, 1.807) is 27.7 Å². The predicted octanol–water partition coefficient (Wildman–Crippen LogP) is 1.25. The minimum absolute atomic E-state index is 0.0815. The zero-order valence-electron chi connectivity index (χ0n) is 17.0. The van der Waals surface area contributed by atoms with Crippen molar-refractivity contribution in [2.24, 2.45) is 11.8 Å². The van der Waals surface area contributed by atoms with Gasteiger partial charge in [0.15, 0.2) is 6.10 Å². The Morgan fingerprint density at radius 1 is 1.25 bits per heavy atom. The Bertz CT molecular complexity index is 747. The lowest BCUT2D eigenvalue weighted by Gasteiger charge is -2.36. The summed E-state index contributed by atoms with van der Waals surface area (Å²) in [6.45, 7) is 7.10. The molecule has 158 valence electrons. The Kier molecular flexibility index (Phi) is 8.10. The van der Waals surface area contributed by atoms with Gasteiger partial charge in [0, 0.05) is 13.3 Å². The van der Waals surface area contributed by atoms with Crippen molar-refractivity contribution in [2.45, 2.75) is 52.6 Å². The Labute approximate surface area is 163 Å². The second-order valence-corrected chi connectivity index (χ2v) is 7.10. The highest BCUT2D eigenvalue weighted by atomic mass is 19.1. The van der Waals surface area contributed by atoms with Gasteiger partial charge in [-0.05, 0) is 13.0 Å². The maximum atomic E-state index is 15.8. The Hall–Kier alpha value is -2.49. The Balaban J connectivity index is 3.29. The minimum atomic E-state index is -2.56. The highest BCUT2D eigenvalue weighted by molar-refractivity contribution is 5.72. The van der Waals surface area contributed by atoms with Gasteiger partial charge in [-0.15, -0.1) is 0 Å². The minimum Gasteiger partial charge on any atom is -0.463 e. The van der Waals surface area contributed by atoms with Crippen LogP contribution in [0.5, 0.6) is 0 Å². The number of nitrogens with zero attached hydrogens (tertiary/aromatic N) is 2. The summed E-state index contributed by atoms with van der Waals surface area (Å²) >= 11 is 0. The smallest absolute Gasteiger partial charge is 0.352 e. The lowest BCUT2D eigenvalue weighted by Crippen LogP contribution is -2.54. The number of ether oxygens (including phenoxy) is 3. The van der Waals surface area contributed by atoms with Gasteiger partial charge in [-0.1, -0.05) is 27.7 Å². The van der Waals surface area contributed by atoms with Crippen LogP contribution < -0.4 is 11.4 Å². The summed E-state index contributed by atoms with van der Waals surface area (Å²) in [7, 11) is 1.25. The first-order chi connectivity index (χ1) is 12.9. The summed E-state index contributed by atoms with van der Waals surface area (Å²) in [4.78, 5) is 39.6. The highest BCUT2D eigenvalue weighted by Gasteiger charge is 2.46. The van der Waals surface area contributed by atoms with E-state index >= 15 is 4.39 Å². The third-order valence-corrected chi connectivity index (χ3v) is 4.03. The molecule has 9 nitrogen and oxygen atoms in total. The van der Waals surface area contributed by atoms with Crippen LogP contribution in [0, 0.1) is 11.8 Å². The third-order valence-electron chi connectivity index (χ3n) is 4.03. The fourth-order valence-corrected chi connectivity index (χ4v) is 2.28. The van der Waals surface area contributed by atoms with Crippen LogP contribution in [-0.4, -0.2) is 47.4 Å². The Morgan fingerprint density at radius 3 is 2.29 bits per heavy atom. The average molecular weight is 401 g/mol. The maximum absolute atomic E-state index is 15.8. The molecule has 2 N–H and O–H groups in total. The van der Waals surface area contributed by atoms with Crippen LogP contribution in [-0.2, 0) is 29.6 Å². The molecule has 1 aromatic rings. The topological polar surface area (TPSA) is 123 Å². The van der Waals surface area contributed by atoms with Crippen molar-refractivity contribution >= 4 is 17.8 Å². The van der Waals surface area contributed by atoms with Gasteiger partial charge in [0.2, 0.25) is 5.79 Å². The van der Waals surface area contributed by atoms with Crippen LogP contribution in [0.2, 0.25) is 0 Å². The summed E-state index contributed by atoms with van der Waals surface area (Å²) in [5.41, 5.74) is 4.48. The number of nitrogens with two attached hydrogens (primary N) is 1. The number of nitrogen functional groups attached to an aromatic ring is 1. The van der Waals surface area contributed by atoms with E-state index in [4.69, 9.17) is 19.9 Å². The second-order valence-electron chi connectivity index (χ2n) is 7.10. The molecule has 28 heavy (non-hydrogen) atoms. The first-order valence-electron chi connectivity index (χ1n) is 8.86. The van der Waals surface area contributed by atoms with Crippen LogP contribution >= 0.6 is 0 Å². The van der Waals surface area contributed by atoms with E-state index in [0.717, 1.165) is 13.1 Å². The molecule has 10 heteroatoms. The molecule has 1 heterocycles. The molecule has 0 aliphatic rings. The molecule has 0 fully saturated rings. The van der Waals surface area contributed by atoms with Crippen LogP contribution in [0.4, 0.5) is 10.2 Å². The van der Waals surface area contributed by atoms with Crippen LogP contribution in [0.3, 0.4) is 0 Å². The summed E-state index contributed by atoms with van der Waals surface area (Å²) < 4.78 is 32.1. The van der Waals surface area contributed by atoms with Gasteiger partial charge in [0.25, 0.3) is 0 Å². The molecule has 0 spiro atoms. The van der Waals surface area contributed by atoms with Crippen molar-refractivity contribution in [2.75, 3.05) is 19.5 Å². The molecule has 1 rings (SSSR count). The van der Waals surface area contributed by atoms with E-state index in [0.29, 0.717) is 4.57 Å². The van der Waals surface area contributed by atoms with E-state index < -0.39 is 47.5 Å².